The van der Waals surface area contributed by atoms with Gasteiger partial charge in [-0.3, -0.25) is 4.79 Å². The van der Waals surface area contributed by atoms with Gasteiger partial charge in [0.25, 0.3) is 5.91 Å². The molecule has 8 heteroatoms. The van der Waals surface area contributed by atoms with Gasteiger partial charge >= 0.3 is 0 Å². The van der Waals surface area contributed by atoms with Crippen LogP contribution in [0.2, 0.25) is 0 Å². The maximum atomic E-state index is 12.7. The Morgan fingerprint density at radius 2 is 2.23 bits per heavy atom. The number of halogens is 2. The van der Waals surface area contributed by atoms with Crippen LogP contribution in [0.5, 0.6) is 0 Å². The van der Waals surface area contributed by atoms with Gasteiger partial charge < -0.3 is 10.6 Å². The van der Waals surface area contributed by atoms with Crippen molar-refractivity contribution in [1.82, 2.24) is 19.5 Å². The van der Waals surface area contributed by atoms with Gasteiger partial charge in [-0.05, 0) is 24.8 Å². The summed E-state index contributed by atoms with van der Waals surface area (Å²) in [6.45, 7) is 3.47. The largest absolute Gasteiger partial charge is 0.334 e. The minimum atomic E-state index is -0.0129. The van der Waals surface area contributed by atoms with Crippen molar-refractivity contribution < 1.29 is 4.79 Å². The Labute approximate surface area is 141 Å². The highest BCUT2D eigenvalue weighted by atomic mass is 35.5. The molecular weight excluding hydrogens is 325 g/mol. The highest BCUT2D eigenvalue weighted by Gasteiger charge is 2.31. The van der Waals surface area contributed by atoms with Crippen LogP contribution in [0.4, 0.5) is 0 Å². The normalized spacial score (nSPS) is 21.1. The molecule has 0 spiro atoms. The molecule has 3 heterocycles. The standard InChI is InChI=1S/C14H19N5O.2ClH/c1-10-3-6-18(11(7-10)8-15)14(20)12-9-17-19-5-2-4-16-13(12)19;;/h2,4-5,9-11H,3,6-8,15H2,1H3;2*1H. The molecule has 22 heavy (non-hydrogen) atoms. The van der Waals surface area contributed by atoms with E-state index in [2.05, 4.69) is 17.0 Å². The van der Waals surface area contributed by atoms with Crippen molar-refractivity contribution >= 4 is 36.4 Å². The van der Waals surface area contributed by atoms with Crippen molar-refractivity contribution in [1.29, 1.82) is 0 Å². The molecule has 1 saturated heterocycles. The smallest absolute Gasteiger partial charge is 0.259 e. The zero-order valence-corrected chi connectivity index (χ0v) is 14.0. The Morgan fingerprint density at radius 3 is 2.95 bits per heavy atom. The maximum absolute atomic E-state index is 12.7. The molecule has 0 saturated carbocycles. The molecule has 2 aromatic rings. The minimum absolute atomic E-state index is 0. The van der Waals surface area contributed by atoms with E-state index in [1.54, 1.807) is 29.2 Å². The second-order valence-corrected chi connectivity index (χ2v) is 5.46. The van der Waals surface area contributed by atoms with Gasteiger partial charge in [-0.15, -0.1) is 24.8 Å². The molecule has 6 nitrogen and oxygen atoms in total. The van der Waals surface area contributed by atoms with E-state index in [4.69, 9.17) is 5.73 Å². The molecule has 2 N–H and O–H groups in total. The molecule has 1 fully saturated rings. The van der Waals surface area contributed by atoms with Gasteiger partial charge in [-0.1, -0.05) is 6.92 Å². The summed E-state index contributed by atoms with van der Waals surface area (Å²) in [7, 11) is 0. The number of rotatable bonds is 2. The topological polar surface area (TPSA) is 76.5 Å². The lowest BCUT2D eigenvalue weighted by atomic mass is 9.92. The van der Waals surface area contributed by atoms with E-state index in [1.165, 1.54) is 0 Å². The summed E-state index contributed by atoms with van der Waals surface area (Å²) in [6.07, 6.45) is 7.05. The van der Waals surface area contributed by atoms with Gasteiger partial charge in [0.1, 0.15) is 5.56 Å². The molecule has 2 atom stereocenters. The second-order valence-electron chi connectivity index (χ2n) is 5.46. The van der Waals surface area contributed by atoms with Gasteiger partial charge in [-0.25, -0.2) is 9.50 Å². The van der Waals surface area contributed by atoms with Crippen molar-refractivity contribution in [2.75, 3.05) is 13.1 Å². The number of carbonyl (C=O) groups excluding carboxylic acids is 1. The quantitative estimate of drug-likeness (QED) is 0.899. The van der Waals surface area contributed by atoms with Crippen LogP contribution in [-0.2, 0) is 0 Å². The van der Waals surface area contributed by atoms with E-state index in [0.717, 1.165) is 19.4 Å². The van der Waals surface area contributed by atoms with Crippen molar-refractivity contribution in [3.05, 3.63) is 30.2 Å². The Morgan fingerprint density at radius 1 is 1.45 bits per heavy atom. The summed E-state index contributed by atoms with van der Waals surface area (Å²) in [6, 6.07) is 1.91. The molecule has 0 bridgehead atoms. The zero-order chi connectivity index (χ0) is 14.1. The Bertz CT molecular complexity index is 632. The summed E-state index contributed by atoms with van der Waals surface area (Å²) in [5, 5.41) is 4.18. The second kappa shape index (κ2) is 7.76. The summed E-state index contributed by atoms with van der Waals surface area (Å²) in [4.78, 5) is 18.9. The molecule has 1 aliphatic rings. The molecule has 1 amide bonds. The van der Waals surface area contributed by atoms with Crippen LogP contribution < -0.4 is 5.73 Å². The first kappa shape index (κ1) is 18.7. The van der Waals surface area contributed by atoms with Crippen LogP contribution in [0.1, 0.15) is 30.1 Å². The number of hydrogen-bond acceptors (Lipinski definition) is 4. The average molecular weight is 346 g/mol. The van der Waals surface area contributed by atoms with Crippen LogP contribution >= 0.6 is 24.8 Å². The first-order chi connectivity index (χ1) is 9.70. The number of amides is 1. The van der Waals surface area contributed by atoms with Crippen molar-refractivity contribution in [2.45, 2.75) is 25.8 Å². The number of carbonyl (C=O) groups is 1. The van der Waals surface area contributed by atoms with Crippen LogP contribution in [-0.4, -0.2) is 44.5 Å². The number of likely N-dealkylation sites (tertiary alicyclic amines) is 1. The minimum Gasteiger partial charge on any atom is -0.334 e. The SMILES string of the molecule is CC1CCN(C(=O)c2cnn3cccnc23)C(CN)C1.Cl.Cl. The molecule has 3 rings (SSSR count). The third-order valence-electron chi connectivity index (χ3n) is 4.02. The predicted molar refractivity (Wildman–Crippen MR) is 89.8 cm³/mol. The Balaban J connectivity index is 0.00000121. The van der Waals surface area contributed by atoms with E-state index in [-0.39, 0.29) is 36.8 Å². The van der Waals surface area contributed by atoms with E-state index in [9.17, 15) is 4.79 Å². The highest BCUT2D eigenvalue weighted by molar-refractivity contribution is 5.99. The number of nitrogens with zero attached hydrogens (tertiary/aromatic N) is 4. The van der Waals surface area contributed by atoms with E-state index < -0.39 is 0 Å². The number of aromatic nitrogens is 3. The van der Waals surface area contributed by atoms with Crippen molar-refractivity contribution in [3.63, 3.8) is 0 Å². The van der Waals surface area contributed by atoms with Crippen molar-refractivity contribution in [3.8, 4) is 0 Å². The van der Waals surface area contributed by atoms with Gasteiger partial charge in [0.15, 0.2) is 5.65 Å². The lowest BCUT2D eigenvalue weighted by Gasteiger charge is -2.37. The van der Waals surface area contributed by atoms with Crippen LogP contribution in [0.15, 0.2) is 24.7 Å². The van der Waals surface area contributed by atoms with Crippen LogP contribution in [0, 0.1) is 5.92 Å². The predicted octanol–water partition coefficient (Wildman–Crippen LogP) is 1.77. The van der Waals surface area contributed by atoms with Crippen LogP contribution in [0.3, 0.4) is 0 Å². The summed E-state index contributed by atoms with van der Waals surface area (Å²) < 4.78 is 1.62. The fourth-order valence-electron chi connectivity index (χ4n) is 2.88. The zero-order valence-electron chi connectivity index (χ0n) is 12.4. The molecule has 2 unspecified atom stereocenters. The summed E-state index contributed by atoms with van der Waals surface area (Å²) in [5.41, 5.74) is 6.99. The van der Waals surface area contributed by atoms with Gasteiger partial charge in [0.2, 0.25) is 0 Å². The summed E-state index contributed by atoms with van der Waals surface area (Å²) in [5.74, 6) is 0.607. The summed E-state index contributed by atoms with van der Waals surface area (Å²) >= 11 is 0. The number of hydrogen-bond donors (Lipinski definition) is 1. The molecule has 122 valence electrons. The Hall–Kier alpha value is -1.37. The molecule has 0 aromatic carbocycles. The first-order valence-electron chi connectivity index (χ1n) is 7.00. The molecule has 0 aliphatic carbocycles. The van der Waals surface area contributed by atoms with Crippen LogP contribution in [0.25, 0.3) is 5.65 Å². The fraction of sp³-hybridized carbons (Fsp3) is 0.500. The van der Waals surface area contributed by atoms with Gasteiger partial charge in [0, 0.05) is 31.5 Å². The third kappa shape index (κ3) is 3.34. The average Bonchev–Trinajstić information content (AvgIpc) is 2.90. The molecule has 0 radical (unpaired) electrons. The maximum Gasteiger partial charge on any atom is 0.259 e. The Kier molecular flexibility index (Phi) is 6.59. The molecule has 1 aliphatic heterocycles. The monoisotopic (exact) mass is 345 g/mol. The molecular formula is C14H21Cl2N5O. The number of fused-ring (bicyclic) bond motifs is 1. The lowest BCUT2D eigenvalue weighted by molar-refractivity contribution is 0.0575. The van der Waals surface area contributed by atoms with Gasteiger partial charge in [-0.2, -0.15) is 5.10 Å². The van der Waals surface area contributed by atoms with E-state index in [1.807, 2.05) is 4.90 Å². The third-order valence-corrected chi connectivity index (χ3v) is 4.02. The number of nitrogens with two attached hydrogens (primary N) is 1. The fourth-order valence-corrected chi connectivity index (χ4v) is 2.88. The van der Waals surface area contributed by atoms with Crippen molar-refractivity contribution in [2.24, 2.45) is 11.7 Å². The van der Waals surface area contributed by atoms with E-state index in [0.29, 0.717) is 23.7 Å². The first-order valence-corrected chi connectivity index (χ1v) is 7.00. The van der Waals surface area contributed by atoms with Gasteiger partial charge in [0.05, 0.1) is 6.20 Å². The highest BCUT2D eigenvalue weighted by Crippen LogP contribution is 2.24. The molecule has 2 aromatic heterocycles. The van der Waals surface area contributed by atoms with E-state index >= 15 is 0 Å². The number of piperidine rings is 1. The lowest BCUT2D eigenvalue weighted by Crippen LogP contribution is -2.49.